The Morgan fingerprint density at radius 1 is 1.28 bits per heavy atom. The van der Waals surface area contributed by atoms with Gasteiger partial charge in [-0.25, -0.2) is 0 Å². The second-order valence-corrected chi connectivity index (χ2v) is 3.85. The van der Waals surface area contributed by atoms with Crippen molar-refractivity contribution >= 4 is 0 Å². The number of rotatable bonds is 6. The van der Waals surface area contributed by atoms with Crippen molar-refractivity contribution < 1.29 is 23.0 Å². The maximum Gasteiger partial charge on any atom is 0.573 e. The van der Waals surface area contributed by atoms with E-state index in [0.717, 1.165) is 12.8 Å². The molecule has 5 heteroatoms. The number of benzene rings is 1. The highest BCUT2D eigenvalue weighted by Gasteiger charge is 2.30. The van der Waals surface area contributed by atoms with Gasteiger partial charge in [-0.1, -0.05) is 18.2 Å². The molecule has 0 saturated heterocycles. The van der Waals surface area contributed by atoms with Crippen LogP contribution in [-0.2, 0) is 0 Å². The quantitative estimate of drug-likeness (QED) is 0.619. The van der Waals surface area contributed by atoms with Gasteiger partial charge in [0.25, 0.3) is 0 Å². The van der Waals surface area contributed by atoms with Gasteiger partial charge >= 0.3 is 6.36 Å². The molecule has 0 amide bonds. The van der Waals surface area contributed by atoms with Crippen LogP contribution in [0.15, 0.2) is 36.9 Å². The fourth-order valence-electron chi connectivity index (χ4n) is 1.51. The number of alkyl halides is 3. The molecule has 18 heavy (non-hydrogen) atoms. The number of hydrogen-bond acceptors (Lipinski definition) is 2. The van der Waals surface area contributed by atoms with Crippen LogP contribution in [0.3, 0.4) is 0 Å². The fraction of sp³-hybridized carbons (Fsp3) is 0.385. The summed E-state index contributed by atoms with van der Waals surface area (Å²) in [6.07, 6.45) is -1.48. The van der Waals surface area contributed by atoms with E-state index in [2.05, 4.69) is 11.3 Å². The van der Waals surface area contributed by atoms with E-state index >= 15 is 0 Å². The zero-order valence-corrected chi connectivity index (χ0v) is 9.78. The zero-order valence-electron chi connectivity index (χ0n) is 9.78. The lowest BCUT2D eigenvalue weighted by atomic mass is 10.0. The Labute approximate surface area is 104 Å². The van der Waals surface area contributed by atoms with Crippen LogP contribution in [0.25, 0.3) is 0 Å². The highest BCUT2D eigenvalue weighted by atomic mass is 19.4. The van der Waals surface area contributed by atoms with E-state index in [9.17, 15) is 18.3 Å². The van der Waals surface area contributed by atoms with Gasteiger partial charge in [-0.05, 0) is 37.0 Å². The van der Waals surface area contributed by atoms with Gasteiger partial charge in [0, 0.05) is 0 Å². The average molecular weight is 260 g/mol. The Kier molecular flexibility index (Phi) is 5.22. The van der Waals surface area contributed by atoms with Crippen molar-refractivity contribution in [1.29, 1.82) is 0 Å². The van der Waals surface area contributed by atoms with Gasteiger partial charge in [-0.3, -0.25) is 0 Å². The van der Waals surface area contributed by atoms with E-state index in [1.165, 1.54) is 24.3 Å². The topological polar surface area (TPSA) is 29.5 Å². The molecule has 1 rings (SSSR count). The molecule has 0 fully saturated rings. The summed E-state index contributed by atoms with van der Waals surface area (Å²) in [6, 6.07) is 5.25. The van der Waals surface area contributed by atoms with E-state index in [1.807, 2.05) is 0 Å². The largest absolute Gasteiger partial charge is 0.573 e. The summed E-state index contributed by atoms with van der Waals surface area (Å²) in [4.78, 5) is 0. The predicted molar refractivity (Wildman–Crippen MR) is 62.1 cm³/mol. The lowest BCUT2D eigenvalue weighted by Crippen LogP contribution is -2.17. The van der Waals surface area contributed by atoms with Crippen LogP contribution >= 0.6 is 0 Å². The molecule has 1 aromatic carbocycles. The van der Waals surface area contributed by atoms with E-state index in [-0.39, 0.29) is 5.75 Å². The summed E-state index contributed by atoms with van der Waals surface area (Å²) in [5.74, 6) is -0.287. The number of aliphatic hydroxyl groups is 1. The van der Waals surface area contributed by atoms with Crippen LogP contribution in [0.1, 0.15) is 30.9 Å². The molecule has 2 nitrogen and oxygen atoms in total. The van der Waals surface area contributed by atoms with E-state index in [4.69, 9.17) is 0 Å². The number of ether oxygens (including phenoxy) is 1. The van der Waals surface area contributed by atoms with Crippen LogP contribution in [0.2, 0.25) is 0 Å². The molecular weight excluding hydrogens is 245 g/mol. The first-order valence-electron chi connectivity index (χ1n) is 5.57. The minimum atomic E-state index is -4.69. The van der Waals surface area contributed by atoms with Crippen molar-refractivity contribution in [3.63, 3.8) is 0 Å². The molecular formula is C13H15F3O2. The summed E-state index contributed by atoms with van der Waals surface area (Å²) in [7, 11) is 0. The van der Waals surface area contributed by atoms with E-state index in [0.29, 0.717) is 12.0 Å². The summed E-state index contributed by atoms with van der Waals surface area (Å²) >= 11 is 0. The van der Waals surface area contributed by atoms with Gasteiger partial charge in [0.1, 0.15) is 5.75 Å². The average Bonchev–Trinajstić information content (AvgIpc) is 2.28. The Morgan fingerprint density at radius 2 is 1.89 bits per heavy atom. The molecule has 0 saturated carbocycles. The number of halogens is 3. The van der Waals surface area contributed by atoms with Crippen molar-refractivity contribution in [2.45, 2.75) is 31.7 Å². The van der Waals surface area contributed by atoms with Crippen LogP contribution in [-0.4, -0.2) is 11.5 Å². The van der Waals surface area contributed by atoms with Crippen LogP contribution in [0.5, 0.6) is 5.75 Å². The maximum absolute atomic E-state index is 11.9. The van der Waals surface area contributed by atoms with Crippen molar-refractivity contribution in [3.8, 4) is 5.75 Å². The molecule has 1 unspecified atom stereocenters. The second-order valence-electron chi connectivity index (χ2n) is 3.85. The summed E-state index contributed by atoms with van der Waals surface area (Å²) in [5.41, 5.74) is 0.577. The third-order valence-electron chi connectivity index (χ3n) is 2.38. The Hall–Kier alpha value is -1.49. The van der Waals surface area contributed by atoms with Gasteiger partial charge in [0.05, 0.1) is 6.10 Å². The summed E-state index contributed by atoms with van der Waals surface area (Å²) in [5, 5.41) is 9.77. The molecule has 100 valence electrons. The monoisotopic (exact) mass is 260 g/mol. The van der Waals surface area contributed by atoms with Gasteiger partial charge in [0.2, 0.25) is 0 Å². The van der Waals surface area contributed by atoms with Crippen LogP contribution < -0.4 is 4.74 Å². The number of allylic oxidation sites excluding steroid dienone is 1. The highest BCUT2D eigenvalue weighted by Crippen LogP contribution is 2.25. The van der Waals surface area contributed by atoms with Gasteiger partial charge in [-0.15, -0.1) is 19.8 Å². The zero-order chi connectivity index (χ0) is 13.6. The third-order valence-corrected chi connectivity index (χ3v) is 2.38. The minimum Gasteiger partial charge on any atom is -0.406 e. The van der Waals surface area contributed by atoms with Crippen molar-refractivity contribution in [1.82, 2.24) is 0 Å². The summed E-state index contributed by atoms with van der Waals surface area (Å²) < 4.78 is 39.5. The highest BCUT2D eigenvalue weighted by molar-refractivity contribution is 5.28. The minimum absolute atomic E-state index is 0.287. The molecule has 0 aliphatic rings. The first-order valence-corrected chi connectivity index (χ1v) is 5.57. The van der Waals surface area contributed by atoms with Gasteiger partial charge in [-0.2, -0.15) is 0 Å². The first kappa shape index (κ1) is 14.6. The Bertz CT molecular complexity index is 371. The normalized spacial score (nSPS) is 13.1. The van der Waals surface area contributed by atoms with Gasteiger partial charge < -0.3 is 9.84 Å². The van der Waals surface area contributed by atoms with Crippen LogP contribution in [0.4, 0.5) is 13.2 Å². The van der Waals surface area contributed by atoms with Crippen molar-refractivity contribution in [2.75, 3.05) is 0 Å². The second kappa shape index (κ2) is 6.44. The fourth-order valence-corrected chi connectivity index (χ4v) is 1.51. The smallest absolute Gasteiger partial charge is 0.406 e. The molecule has 0 aliphatic heterocycles. The maximum atomic E-state index is 11.9. The molecule has 0 aromatic heterocycles. The van der Waals surface area contributed by atoms with E-state index in [1.54, 1.807) is 6.08 Å². The molecule has 0 aliphatic carbocycles. The number of aliphatic hydroxyl groups excluding tert-OH is 1. The van der Waals surface area contributed by atoms with E-state index < -0.39 is 12.5 Å². The number of hydrogen-bond donors (Lipinski definition) is 1. The molecule has 0 heterocycles. The van der Waals surface area contributed by atoms with Crippen LogP contribution in [0, 0.1) is 0 Å². The van der Waals surface area contributed by atoms with Gasteiger partial charge in [0.15, 0.2) is 0 Å². The Balaban J connectivity index is 2.56. The van der Waals surface area contributed by atoms with Crippen molar-refractivity contribution in [3.05, 3.63) is 42.5 Å². The first-order chi connectivity index (χ1) is 8.42. The molecule has 0 radical (unpaired) electrons. The predicted octanol–water partition coefficient (Wildman–Crippen LogP) is 3.97. The number of unbranched alkanes of at least 4 members (excludes halogenated alkanes) is 1. The lowest BCUT2D eigenvalue weighted by molar-refractivity contribution is -0.274. The van der Waals surface area contributed by atoms with Crippen molar-refractivity contribution in [2.24, 2.45) is 0 Å². The lowest BCUT2D eigenvalue weighted by Gasteiger charge is -2.12. The standard InChI is InChI=1S/C13H15F3O2/c1-2-3-4-5-12(17)10-6-8-11(9-7-10)18-13(14,15)16/h2,6-9,12,17H,1,3-5H2. The molecule has 0 spiro atoms. The Morgan fingerprint density at radius 3 is 2.39 bits per heavy atom. The summed E-state index contributed by atoms with van der Waals surface area (Å²) in [6.45, 7) is 3.57. The molecule has 0 bridgehead atoms. The SMILES string of the molecule is C=CCCCC(O)c1ccc(OC(F)(F)F)cc1. The molecule has 1 aromatic rings. The molecule has 1 N–H and O–H groups in total. The third kappa shape index (κ3) is 5.23. The molecule has 1 atom stereocenters.